The molecule has 0 bridgehead atoms. The van der Waals surface area contributed by atoms with Gasteiger partial charge in [-0.25, -0.2) is 4.39 Å². The van der Waals surface area contributed by atoms with E-state index in [9.17, 15) is 9.50 Å². The van der Waals surface area contributed by atoms with Crippen LogP contribution in [0.5, 0.6) is 11.5 Å². The first-order valence-corrected chi connectivity index (χ1v) is 9.06. The maximum Gasteiger partial charge on any atom is 0.123 e. The third kappa shape index (κ3) is 6.11. The summed E-state index contributed by atoms with van der Waals surface area (Å²) in [5, 5.41) is 10.5. The minimum Gasteiger partial charge on any atom is -0.497 e. The monoisotopic (exact) mass is 385 g/mol. The van der Waals surface area contributed by atoms with Crippen LogP contribution < -0.4 is 9.47 Å². The van der Waals surface area contributed by atoms with Gasteiger partial charge in [0.25, 0.3) is 0 Å². The first-order valence-electron chi connectivity index (χ1n) is 9.06. The van der Waals surface area contributed by atoms with Gasteiger partial charge in [0, 0.05) is 13.1 Å². The number of hydrogen-bond acceptors (Lipinski definition) is 5. The summed E-state index contributed by atoms with van der Waals surface area (Å²) in [5.41, 5.74) is 0.955. The molecule has 3 aromatic rings. The van der Waals surface area contributed by atoms with Crippen LogP contribution in [0.3, 0.4) is 0 Å². The van der Waals surface area contributed by atoms with E-state index >= 15 is 0 Å². The van der Waals surface area contributed by atoms with Crippen molar-refractivity contribution in [2.75, 3.05) is 20.3 Å². The number of aliphatic hydroxyl groups is 1. The number of ether oxygens (including phenoxy) is 2. The third-order valence-corrected chi connectivity index (χ3v) is 4.25. The van der Waals surface area contributed by atoms with Gasteiger partial charge < -0.3 is 19.0 Å². The molecular weight excluding hydrogens is 361 g/mol. The SMILES string of the molecule is COc1ccc(OC[C@H](O)CN(Cc2ccc(F)cc2)Cc2ccco2)cc1. The van der Waals surface area contributed by atoms with Crippen LogP contribution in [-0.4, -0.2) is 36.4 Å². The average Bonchev–Trinajstić information content (AvgIpc) is 3.21. The topological polar surface area (TPSA) is 55.1 Å². The highest BCUT2D eigenvalue weighted by atomic mass is 19.1. The summed E-state index contributed by atoms with van der Waals surface area (Å²) in [7, 11) is 1.61. The Labute approximate surface area is 163 Å². The summed E-state index contributed by atoms with van der Waals surface area (Å²) in [6, 6.07) is 17.3. The van der Waals surface area contributed by atoms with Gasteiger partial charge in [-0.3, -0.25) is 4.90 Å². The molecule has 3 rings (SSSR count). The summed E-state index contributed by atoms with van der Waals surface area (Å²) in [6.45, 7) is 1.63. The highest BCUT2D eigenvalue weighted by Gasteiger charge is 2.15. The van der Waals surface area contributed by atoms with E-state index in [0.717, 1.165) is 17.1 Å². The van der Waals surface area contributed by atoms with E-state index < -0.39 is 6.10 Å². The molecule has 0 saturated carbocycles. The van der Waals surface area contributed by atoms with Crippen molar-refractivity contribution in [2.45, 2.75) is 19.2 Å². The molecule has 0 unspecified atom stereocenters. The van der Waals surface area contributed by atoms with E-state index in [1.54, 1.807) is 49.8 Å². The van der Waals surface area contributed by atoms with Gasteiger partial charge in [-0.2, -0.15) is 0 Å². The average molecular weight is 385 g/mol. The van der Waals surface area contributed by atoms with Crippen molar-refractivity contribution in [3.63, 3.8) is 0 Å². The Morgan fingerprint density at radius 1 is 1.00 bits per heavy atom. The van der Waals surface area contributed by atoms with E-state index in [1.807, 2.05) is 17.0 Å². The number of rotatable bonds is 10. The smallest absolute Gasteiger partial charge is 0.123 e. The van der Waals surface area contributed by atoms with Gasteiger partial charge in [0.15, 0.2) is 0 Å². The van der Waals surface area contributed by atoms with Crippen molar-refractivity contribution in [2.24, 2.45) is 0 Å². The molecule has 1 N–H and O–H groups in total. The second-order valence-corrected chi connectivity index (χ2v) is 6.52. The number of benzene rings is 2. The van der Waals surface area contributed by atoms with Gasteiger partial charge >= 0.3 is 0 Å². The van der Waals surface area contributed by atoms with E-state index in [0.29, 0.717) is 25.4 Å². The Bertz CT molecular complexity index is 819. The summed E-state index contributed by atoms with van der Waals surface area (Å²) < 4.78 is 29.4. The number of nitrogens with zero attached hydrogens (tertiary/aromatic N) is 1. The predicted molar refractivity (Wildman–Crippen MR) is 104 cm³/mol. The molecule has 0 radical (unpaired) electrons. The minimum absolute atomic E-state index is 0.157. The molecule has 6 heteroatoms. The Morgan fingerprint density at radius 3 is 2.36 bits per heavy atom. The van der Waals surface area contributed by atoms with Crippen LogP contribution in [0.25, 0.3) is 0 Å². The van der Waals surface area contributed by atoms with Crippen LogP contribution in [0.4, 0.5) is 4.39 Å². The lowest BCUT2D eigenvalue weighted by atomic mass is 10.2. The quantitative estimate of drug-likeness (QED) is 0.574. The second-order valence-electron chi connectivity index (χ2n) is 6.52. The van der Waals surface area contributed by atoms with Gasteiger partial charge in [0.05, 0.1) is 19.9 Å². The first kappa shape index (κ1) is 19.9. The van der Waals surface area contributed by atoms with Crippen molar-refractivity contribution in [1.29, 1.82) is 0 Å². The molecule has 28 heavy (non-hydrogen) atoms. The fraction of sp³-hybridized carbons (Fsp3) is 0.273. The molecule has 2 aromatic carbocycles. The van der Waals surface area contributed by atoms with Crippen LogP contribution >= 0.6 is 0 Å². The Morgan fingerprint density at radius 2 is 1.71 bits per heavy atom. The zero-order chi connectivity index (χ0) is 19.8. The molecule has 0 amide bonds. The maximum absolute atomic E-state index is 13.2. The largest absolute Gasteiger partial charge is 0.497 e. The van der Waals surface area contributed by atoms with Gasteiger partial charge in [0.1, 0.15) is 35.8 Å². The molecule has 0 aliphatic carbocycles. The fourth-order valence-corrected chi connectivity index (χ4v) is 2.87. The molecular formula is C22H24FNO4. The van der Waals surface area contributed by atoms with Gasteiger partial charge in [-0.1, -0.05) is 12.1 Å². The highest BCUT2D eigenvalue weighted by molar-refractivity contribution is 5.31. The van der Waals surface area contributed by atoms with Crippen LogP contribution in [-0.2, 0) is 13.1 Å². The third-order valence-electron chi connectivity index (χ3n) is 4.25. The van der Waals surface area contributed by atoms with E-state index in [1.165, 1.54) is 12.1 Å². The van der Waals surface area contributed by atoms with Crippen molar-refractivity contribution in [3.8, 4) is 11.5 Å². The molecule has 148 valence electrons. The van der Waals surface area contributed by atoms with Crippen LogP contribution in [0.15, 0.2) is 71.3 Å². The Balaban J connectivity index is 1.57. The summed E-state index contributed by atoms with van der Waals surface area (Å²) in [6.07, 6.45) is 0.923. The summed E-state index contributed by atoms with van der Waals surface area (Å²) >= 11 is 0. The lowest BCUT2D eigenvalue weighted by Crippen LogP contribution is -2.35. The molecule has 0 fully saturated rings. The molecule has 5 nitrogen and oxygen atoms in total. The maximum atomic E-state index is 13.2. The molecule has 0 aliphatic heterocycles. The molecule has 1 atom stereocenters. The van der Waals surface area contributed by atoms with Crippen LogP contribution in [0.1, 0.15) is 11.3 Å². The predicted octanol–water partition coefficient (Wildman–Crippen LogP) is 3.87. The Kier molecular flexibility index (Phi) is 7.06. The van der Waals surface area contributed by atoms with E-state index in [-0.39, 0.29) is 12.4 Å². The molecule has 0 saturated heterocycles. The number of methoxy groups -OCH3 is 1. The normalized spacial score (nSPS) is 12.1. The standard InChI is InChI=1S/C22H24FNO4/c1-26-20-8-10-21(11-9-20)28-16-19(25)14-24(15-22-3-2-12-27-22)13-17-4-6-18(23)7-5-17/h2-12,19,25H,13-16H2,1H3/t19-/m1/s1. The fourth-order valence-electron chi connectivity index (χ4n) is 2.87. The number of aliphatic hydroxyl groups excluding tert-OH is 1. The van der Waals surface area contributed by atoms with Crippen molar-refractivity contribution < 1.29 is 23.4 Å². The van der Waals surface area contributed by atoms with Gasteiger partial charge in [-0.15, -0.1) is 0 Å². The highest BCUT2D eigenvalue weighted by Crippen LogP contribution is 2.17. The zero-order valence-corrected chi connectivity index (χ0v) is 15.8. The number of hydrogen-bond donors (Lipinski definition) is 1. The molecule has 1 heterocycles. The Hall–Kier alpha value is -2.83. The zero-order valence-electron chi connectivity index (χ0n) is 15.8. The van der Waals surface area contributed by atoms with E-state index in [2.05, 4.69) is 0 Å². The van der Waals surface area contributed by atoms with E-state index in [4.69, 9.17) is 13.9 Å². The van der Waals surface area contributed by atoms with Crippen molar-refractivity contribution in [3.05, 3.63) is 84.1 Å². The van der Waals surface area contributed by atoms with Crippen molar-refractivity contribution in [1.82, 2.24) is 4.90 Å². The first-order chi connectivity index (χ1) is 13.6. The van der Waals surface area contributed by atoms with Crippen molar-refractivity contribution >= 4 is 0 Å². The number of halogens is 1. The lowest BCUT2D eigenvalue weighted by molar-refractivity contribution is 0.0604. The van der Waals surface area contributed by atoms with Crippen LogP contribution in [0, 0.1) is 5.82 Å². The molecule has 0 aliphatic rings. The van der Waals surface area contributed by atoms with Crippen LogP contribution in [0.2, 0.25) is 0 Å². The van der Waals surface area contributed by atoms with Gasteiger partial charge in [0.2, 0.25) is 0 Å². The number of furan rings is 1. The minimum atomic E-state index is -0.697. The molecule has 0 spiro atoms. The van der Waals surface area contributed by atoms with Gasteiger partial charge in [-0.05, 0) is 54.1 Å². The summed E-state index contributed by atoms with van der Waals surface area (Å²) in [4.78, 5) is 2.04. The molecule has 1 aromatic heterocycles. The summed E-state index contributed by atoms with van der Waals surface area (Å²) in [5.74, 6) is 1.94. The second kappa shape index (κ2) is 9.92. The lowest BCUT2D eigenvalue weighted by Gasteiger charge is -2.24.